The number of ether oxygens (including phenoxy) is 2. The third kappa shape index (κ3) is 5.66. The third-order valence-corrected chi connectivity index (χ3v) is 4.61. The van der Waals surface area contributed by atoms with Crippen molar-refractivity contribution >= 4 is 23.4 Å². The van der Waals surface area contributed by atoms with Crippen molar-refractivity contribution in [3.63, 3.8) is 0 Å². The highest BCUT2D eigenvalue weighted by Gasteiger charge is 2.07. The number of methoxy groups -OCH3 is 2. The summed E-state index contributed by atoms with van der Waals surface area (Å²) in [6.07, 6.45) is 0.675. The van der Waals surface area contributed by atoms with Crippen molar-refractivity contribution in [2.75, 3.05) is 26.5 Å². The fourth-order valence-corrected chi connectivity index (χ4v) is 2.97. The summed E-state index contributed by atoms with van der Waals surface area (Å²) in [5.74, 6) is 1.49. The molecule has 0 radical (unpaired) electrons. The van der Waals surface area contributed by atoms with Gasteiger partial charge in [-0.25, -0.2) is 0 Å². The first kappa shape index (κ1) is 19.6. The molecule has 138 valence electrons. The number of non-ortho nitro benzene ring substituents is 1. The van der Waals surface area contributed by atoms with E-state index in [-0.39, 0.29) is 17.3 Å². The topological polar surface area (TPSA) is 90.7 Å². The summed E-state index contributed by atoms with van der Waals surface area (Å²) >= 11 is 1.34. The number of carbonyl (C=O) groups excluding carboxylic acids is 1. The van der Waals surface area contributed by atoms with Crippen molar-refractivity contribution in [2.24, 2.45) is 0 Å². The van der Waals surface area contributed by atoms with Crippen molar-refractivity contribution < 1.29 is 19.2 Å². The minimum Gasteiger partial charge on any atom is -0.493 e. The minimum absolute atomic E-state index is 0.0359. The summed E-state index contributed by atoms with van der Waals surface area (Å²) in [6, 6.07) is 11.8. The van der Waals surface area contributed by atoms with Crippen LogP contribution in [0.5, 0.6) is 11.5 Å². The molecule has 0 bridgehead atoms. The maximum absolute atomic E-state index is 11.9. The number of thioether (sulfide) groups is 1. The molecular formula is C18H20N2O5S. The van der Waals surface area contributed by atoms with Crippen LogP contribution in [-0.2, 0) is 11.2 Å². The molecule has 26 heavy (non-hydrogen) atoms. The second kappa shape index (κ2) is 9.67. The van der Waals surface area contributed by atoms with Crippen LogP contribution >= 0.6 is 11.8 Å². The zero-order chi connectivity index (χ0) is 18.9. The van der Waals surface area contributed by atoms with E-state index in [1.54, 1.807) is 26.4 Å². The van der Waals surface area contributed by atoms with Gasteiger partial charge < -0.3 is 14.8 Å². The molecule has 0 aliphatic carbocycles. The Morgan fingerprint density at radius 2 is 1.81 bits per heavy atom. The largest absolute Gasteiger partial charge is 0.493 e. The van der Waals surface area contributed by atoms with E-state index >= 15 is 0 Å². The molecular weight excluding hydrogens is 356 g/mol. The first-order chi connectivity index (χ1) is 12.5. The second-order valence-electron chi connectivity index (χ2n) is 5.33. The molecule has 0 fully saturated rings. The summed E-state index contributed by atoms with van der Waals surface area (Å²) in [5.41, 5.74) is 1.07. The van der Waals surface area contributed by atoms with Crippen molar-refractivity contribution in [1.29, 1.82) is 0 Å². The quantitative estimate of drug-likeness (QED) is 0.411. The van der Waals surface area contributed by atoms with Gasteiger partial charge in [0.2, 0.25) is 5.91 Å². The van der Waals surface area contributed by atoms with Gasteiger partial charge in [0.05, 0.1) is 24.9 Å². The van der Waals surface area contributed by atoms with Crippen LogP contribution in [0.3, 0.4) is 0 Å². The molecule has 0 heterocycles. The van der Waals surface area contributed by atoms with Crippen molar-refractivity contribution in [3.8, 4) is 11.5 Å². The Balaban J connectivity index is 1.76. The highest BCUT2D eigenvalue weighted by molar-refractivity contribution is 8.00. The zero-order valence-corrected chi connectivity index (χ0v) is 15.4. The average molecular weight is 376 g/mol. The first-order valence-corrected chi connectivity index (χ1v) is 8.87. The Bertz CT molecular complexity index is 765. The molecule has 8 heteroatoms. The SMILES string of the molecule is COc1ccc(CCNC(=O)CSc2ccc([N+](=O)[O-])cc2)cc1OC. The van der Waals surface area contributed by atoms with Crippen LogP contribution in [0.2, 0.25) is 0 Å². The predicted molar refractivity (Wildman–Crippen MR) is 100 cm³/mol. The van der Waals surface area contributed by atoms with Gasteiger partial charge in [0, 0.05) is 23.6 Å². The molecule has 1 N–H and O–H groups in total. The van der Waals surface area contributed by atoms with E-state index in [0.717, 1.165) is 10.5 Å². The van der Waals surface area contributed by atoms with Gasteiger partial charge in [-0.2, -0.15) is 0 Å². The predicted octanol–water partition coefficient (Wildman–Crippen LogP) is 3.06. The van der Waals surface area contributed by atoms with Crippen LogP contribution in [0.4, 0.5) is 5.69 Å². The fourth-order valence-electron chi connectivity index (χ4n) is 2.25. The summed E-state index contributed by atoms with van der Waals surface area (Å²) in [4.78, 5) is 22.9. The lowest BCUT2D eigenvalue weighted by Gasteiger charge is -2.10. The maximum atomic E-state index is 11.9. The normalized spacial score (nSPS) is 10.2. The van der Waals surface area contributed by atoms with Crippen molar-refractivity contribution in [3.05, 3.63) is 58.1 Å². The highest BCUT2D eigenvalue weighted by Crippen LogP contribution is 2.27. The Morgan fingerprint density at radius 1 is 1.12 bits per heavy atom. The van der Waals surface area contributed by atoms with Crippen LogP contribution in [0.1, 0.15) is 5.56 Å². The number of amides is 1. The lowest BCUT2D eigenvalue weighted by atomic mass is 10.1. The van der Waals surface area contributed by atoms with Gasteiger partial charge in [0.25, 0.3) is 5.69 Å². The van der Waals surface area contributed by atoms with Crippen molar-refractivity contribution in [2.45, 2.75) is 11.3 Å². The summed E-state index contributed by atoms with van der Waals surface area (Å²) < 4.78 is 10.5. The summed E-state index contributed by atoms with van der Waals surface area (Å²) in [6.45, 7) is 0.509. The van der Waals surface area contributed by atoms with E-state index in [9.17, 15) is 14.9 Å². The number of nitro groups is 1. The molecule has 0 aliphatic heterocycles. The molecule has 0 unspecified atom stereocenters. The van der Waals surface area contributed by atoms with Gasteiger partial charge in [-0.1, -0.05) is 6.07 Å². The fraction of sp³-hybridized carbons (Fsp3) is 0.278. The van der Waals surface area contributed by atoms with E-state index in [2.05, 4.69) is 5.32 Å². The zero-order valence-electron chi connectivity index (χ0n) is 14.6. The molecule has 0 saturated heterocycles. The van der Waals surface area contributed by atoms with E-state index in [1.165, 1.54) is 23.9 Å². The summed E-state index contributed by atoms with van der Waals surface area (Å²) in [5, 5.41) is 13.5. The molecule has 0 aliphatic rings. The molecule has 2 aromatic rings. The highest BCUT2D eigenvalue weighted by atomic mass is 32.2. The average Bonchev–Trinajstić information content (AvgIpc) is 2.66. The van der Waals surface area contributed by atoms with E-state index < -0.39 is 4.92 Å². The number of nitrogens with one attached hydrogen (secondary N) is 1. The lowest BCUT2D eigenvalue weighted by Crippen LogP contribution is -2.27. The number of benzene rings is 2. The second-order valence-corrected chi connectivity index (χ2v) is 6.38. The van der Waals surface area contributed by atoms with Crippen LogP contribution in [0.25, 0.3) is 0 Å². The molecule has 2 rings (SSSR count). The number of hydrogen-bond acceptors (Lipinski definition) is 6. The number of carbonyl (C=O) groups is 1. The van der Waals surface area contributed by atoms with Crippen LogP contribution in [-0.4, -0.2) is 37.3 Å². The molecule has 0 aromatic heterocycles. The Hall–Kier alpha value is -2.74. The first-order valence-electron chi connectivity index (χ1n) is 7.88. The van der Waals surface area contributed by atoms with Crippen molar-refractivity contribution in [1.82, 2.24) is 5.32 Å². The molecule has 1 amide bonds. The van der Waals surface area contributed by atoms with Crippen LogP contribution < -0.4 is 14.8 Å². The van der Waals surface area contributed by atoms with E-state index in [0.29, 0.717) is 24.5 Å². The Morgan fingerprint density at radius 3 is 2.42 bits per heavy atom. The number of rotatable bonds is 9. The third-order valence-electron chi connectivity index (χ3n) is 3.60. The summed E-state index contributed by atoms with van der Waals surface area (Å²) in [7, 11) is 3.17. The Kier molecular flexibility index (Phi) is 7.28. The monoisotopic (exact) mass is 376 g/mol. The number of nitrogens with zero attached hydrogens (tertiary/aromatic N) is 1. The van der Waals surface area contributed by atoms with Gasteiger partial charge in [0.1, 0.15) is 0 Å². The lowest BCUT2D eigenvalue weighted by molar-refractivity contribution is -0.384. The maximum Gasteiger partial charge on any atom is 0.269 e. The number of hydrogen-bond donors (Lipinski definition) is 1. The van der Waals surface area contributed by atoms with Crippen LogP contribution in [0, 0.1) is 10.1 Å². The molecule has 0 atom stereocenters. The van der Waals surface area contributed by atoms with Crippen LogP contribution in [0.15, 0.2) is 47.4 Å². The van der Waals surface area contributed by atoms with Gasteiger partial charge in [-0.05, 0) is 36.2 Å². The number of nitro benzene ring substituents is 1. The molecule has 7 nitrogen and oxygen atoms in total. The van der Waals surface area contributed by atoms with Gasteiger partial charge in [-0.3, -0.25) is 14.9 Å². The van der Waals surface area contributed by atoms with E-state index in [1.807, 2.05) is 18.2 Å². The van der Waals surface area contributed by atoms with E-state index in [4.69, 9.17) is 9.47 Å². The smallest absolute Gasteiger partial charge is 0.269 e. The molecule has 0 spiro atoms. The molecule has 2 aromatic carbocycles. The van der Waals surface area contributed by atoms with Gasteiger partial charge in [0.15, 0.2) is 11.5 Å². The molecule has 0 saturated carbocycles. The van der Waals surface area contributed by atoms with Gasteiger partial charge in [-0.15, -0.1) is 11.8 Å². The standard InChI is InChI=1S/C18H20N2O5S/c1-24-16-8-3-13(11-17(16)25-2)9-10-19-18(21)12-26-15-6-4-14(5-7-15)20(22)23/h3-8,11H,9-10,12H2,1-2H3,(H,19,21). The van der Waals surface area contributed by atoms with Gasteiger partial charge >= 0.3 is 0 Å². The minimum atomic E-state index is -0.449. The Labute approximate surface area is 155 Å².